The summed E-state index contributed by atoms with van der Waals surface area (Å²) in [4.78, 5) is 11.4. The lowest BCUT2D eigenvalue weighted by Gasteiger charge is -2.08. The molecule has 0 bridgehead atoms. The molecular formula is C13H26N2O2. The summed E-state index contributed by atoms with van der Waals surface area (Å²) < 4.78 is 5.49. The smallest absolute Gasteiger partial charge is 0.221 e. The minimum Gasteiger partial charge on any atom is -0.381 e. The van der Waals surface area contributed by atoms with E-state index in [0.29, 0.717) is 12.5 Å². The van der Waals surface area contributed by atoms with Gasteiger partial charge in [-0.2, -0.15) is 0 Å². The van der Waals surface area contributed by atoms with Crippen molar-refractivity contribution >= 4 is 5.91 Å². The molecule has 0 aliphatic heterocycles. The van der Waals surface area contributed by atoms with E-state index in [1.54, 1.807) is 0 Å². The van der Waals surface area contributed by atoms with Gasteiger partial charge in [0.25, 0.3) is 0 Å². The van der Waals surface area contributed by atoms with E-state index in [4.69, 9.17) is 4.74 Å². The molecule has 1 rings (SSSR count). The predicted molar refractivity (Wildman–Crippen MR) is 68.9 cm³/mol. The Morgan fingerprint density at radius 3 is 2.76 bits per heavy atom. The van der Waals surface area contributed by atoms with E-state index in [1.807, 2.05) is 0 Å². The molecule has 0 saturated heterocycles. The molecule has 1 aliphatic carbocycles. The first-order valence-electron chi connectivity index (χ1n) is 6.76. The van der Waals surface area contributed by atoms with E-state index in [0.717, 1.165) is 38.6 Å². The van der Waals surface area contributed by atoms with Crippen molar-refractivity contribution in [1.82, 2.24) is 10.6 Å². The summed E-state index contributed by atoms with van der Waals surface area (Å²) in [5, 5.41) is 6.12. The summed E-state index contributed by atoms with van der Waals surface area (Å²) in [6.07, 6.45) is 4.14. The van der Waals surface area contributed by atoms with E-state index >= 15 is 0 Å². The third kappa shape index (κ3) is 9.12. The fourth-order valence-electron chi connectivity index (χ4n) is 1.50. The normalized spacial score (nSPS) is 15.2. The van der Waals surface area contributed by atoms with Gasteiger partial charge in [-0.25, -0.2) is 0 Å². The zero-order valence-corrected chi connectivity index (χ0v) is 11.1. The van der Waals surface area contributed by atoms with Crippen LogP contribution < -0.4 is 10.6 Å². The summed E-state index contributed by atoms with van der Waals surface area (Å²) >= 11 is 0. The molecule has 0 aromatic rings. The second-order valence-electron chi connectivity index (χ2n) is 5.08. The topological polar surface area (TPSA) is 50.4 Å². The van der Waals surface area contributed by atoms with Crippen molar-refractivity contribution in [3.63, 3.8) is 0 Å². The Bertz CT molecular complexity index is 215. The van der Waals surface area contributed by atoms with Crippen LogP contribution in [0.5, 0.6) is 0 Å². The zero-order valence-electron chi connectivity index (χ0n) is 11.1. The van der Waals surface area contributed by atoms with Crippen molar-refractivity contribution in [2.24, 2.45) is 5.92 Å². The van der Waals surface area contributed by atoms with Gasteiger partial charge in [-0.3, -0.25) is 4.79 Å². The summed E-state index contributed by atoms with van der Waals surface area (Å²) in [6, 6.07) is 0.443. The molecule has 0 spiro atoms. The van der Waals surface area contributed by atoms with Gasteiger partial charge in [0, 0.05) is 38.8 Å². The van der Waals surface area contributed by atoms with Crippen LogP contribution in [0.4, 0.5) is 0 Å². The fourth-order valence-corrected chi connectivity index (χ4v) is 1.50. The Kier molecular flexibility index (Phi) is 7.21. The van der Waals surface area contributed by atoms with Gasteiger partial charge in [-0.05, 0) is 25.2 Å². The van der Waals surface area contributed by atoms with Crippen LogP contribution in [0.3, 0.4) is 0 Å². The summed E-state index contributed by atoms with van der Waals surface area (Å²) in [5.41, 5.74) is 0. The molecule has 0 atom stereocenters. The van der Waals surface area contributed by atoms with Crippen molar-refractivity contribution in [3.8, 4) is 0 Å². The molecule has 0 radical (unpaired) electrons. The highest BCUT2D eigenvalue weighted by Gasteiger charge is 2.20. The van der Waals surface area contributed by atoms with Crippen molar-refractivity contribution in [1.29, 1.82) is 0 Å². The first kappa shape index (κ1) is 14.5. The molecule has 100 valence electrons. The van der Waals surface area contributed by atoms with Crippen molar-refractivity contribution < 1.29 is 9.53 Å². The minimum absolute atomic E-state index is 0.125. The lowest BCUT2D eigenvalue weighted by molar-refractivity contribution is -0.121. The maximum absolute atomic E-state index is 11.4. The van der Waals surface area contributed by atoms with E-state index in [2.05, 4.69) is 24.5 Å². The van der Waals surface area contributed by atoms with E-state index in [1.165, 1.54) is 12.8 Å². The largest absolute Gasteiger partial charge is 0.381 e. The molecule has 2 N–H and O–H groups in total. The van der Waals surface area contributed by atoms with E-state index < -0.39 is 0 Å². The average Bonchev–Trinajstić information content (AvgIpc) is 3.06. The molecule has 1 amide bonds. The van der Waals surface area contributed by atoms with E-state index in [9.17, 15) is 4.79 Å². The first-order chi connectivity index (χ1) is 8.18. The molecule has 0 aromatic heterocycles. The Balaban J connectivity index is 1.79. The second-order valence-corrected chi connectivity index (χ2v) is 5.08. The third-order valence-electron chi connectivity index (χ3n) is 2.74. The van der Waals surface area contributed by atoms with Crippen LogP contribution in [-0.2, 0) is 9.53 Å². The zero-order chi connectivity index (χ0) is 12.5. The maximum Gasteiger partial charge on any atom is 0.221 e. The number of carbonyl (C=O) groups is 1. The summed E-state index contributed by atoms with van der Waals surface area (Å²) in [5.74, 6) is 0.951. The van der Waals surface area contributed by atoms with Gasteiger partial charge < -0.3 is 15.4 Å². The number of ether oxygens (including phenoxy) is 1. The van der Waals surface area contributed by atoms with Crippen LogP contribution in [0.1, 0.15) is 39.5 Å². The number of nitrogens with one attached hydrogen (secondary N) is 2. The van der Waals surface area contributed by atoms with Gasteiger partial charge in [0.05, 0.1) is 0 Å². The lowest BCUT2D eigenvalue weighted by Crippen LogP contribution is -2.31. The molecule has 4 heteroatoms. The minimum atomic E-state index is 0.125. The maximum atomic E-state index is 11.4. The van der Waals surface area contributed by atoms with Crippen molar-refractivity contribution in [2.45, 2.75) is 45.6 Å². The second kappa shape index (κ2) is 8.48. The standard InChI is InChI=1S/C13H26N2O2/c1-11(2)14-8-6-13(16)15-7-3-9-17-10-12-4-5-12/h11-12,14H,3-10H2,1-2H3,(H,15,16). The molecule has 4 nitrogen and oxygen atoms in total. The number of carbonyl (C=O) groups excluding carboxylic acids is 1. The predicted octanol–water partition coefficient (Wildman–Crippen LogP) is 1.31. The van der Waals surface area contributed by atoms with Gasteiger partial charge in [-0.1, -0.05) is 13.8 Å². The molecular weight excluding hydrogens is 216 g/mol. The van der Waals surface area contributed by atoms with Gasteiger partial charge in [0.2, 0.25) is 5.91 Å². The molecule has 1 saturated carbocycles. The van der Waals surface area contributed by atoms with Crippen molar-refractivity contribution in [3.05, 3.63) is 0 Å². The van der Waals surface area contributed by atoms with Crippen molar-refractivity contribution in [2.75, 3.05) is 26.3 Å². The Morgan fingerprint density at radius 1 is 1.35 bits per heavy atom. The van der Waals surface area contributed by atoms with Gasteiger partial charge >= 0.3 is 0 Å². The summed E-state index contributed by atoms with van der Waals surface area (Å²) in [7, 11) is 0. The highest BCUT2D eigenvalue weighted by atomic mass is 16.5. The monoisotopic (exact) mass is 242 g/mol. The molecule has 0 unspecified atom stereocenters. The molecule has 0 aromatic carbocycles. The lowest BCUT2D eigenvalue weighted by atomic mass is 10.3. The Labute approximate surface area is 104 Å². The molecule has 17 heavy (non-hydrogen) atoms. The van der Waals surface area contributed by atoms with Crippen LogP contribution in [0.2, 0.25) is 0 Å². The summed E-state index contributed by atoms with van der Waals surface area (Å²) in [6.45, 7) is 7.31. The highest BCUT2D eigenvalue weighted by molar-refractivity contribution is 5.75. The first-order valence-corrected chi connectivity index (χ1v) is 6.76. The third-order valence-corrected chi connectivity index (χ3v) is 2.74. The fraction of sp³-hybridized carbons (Fsp3) is 0.923. The average molecular weight is 242 g/mol. The number of hydrogen-bond acceptors (Lipinski definition) is 3. The molecule has 1 fully saturated rings. The Morgan fingerprint density at radius 2 is 2.12 bits per heavy atom. The van der Waals surface area contributed by atoms with Crippen LogP contribution in [0.15, 0.2) is 0 Å². The van der Waals surface area contributed by atoms with Crippen LogP contribution in [-0.4, -0.2) is 38.3 Å². The quantitative estimate of drug-likeness (QED) is 0.568. The molecule has 0 heterocycles. The van der Waals surface area contributed by atoms with E-state index in [-0.39, 0.29) is 5.91 Å². The Hall–Kier alpha value is -0.610. The van der Waals surface area contributed by atoms with Crippen LogP contribution >= 0.6 is 0 Å². The number of amides is 1. The van der Waals surface area contributed by atoms with Gasteiger partial charge in [-0.15, -0.1) is 0 Å². The van der Waals surface area contributed by atoms with Gasteiger partial charge in [0.1, 0.15) is 0 Å². The SMILES string of the molecule is CC(C)NCCC(=O)NCCCOCC1CC1. The number of hydrogen-bond donors (Lipinski definition) is 2. The number of rotatable bonds is 10. The highest BCUT2D eigenvalue weighted by Crippen LogP contribution is 2.28. The molecule has 1 aliphatic rings. The van der Waals surface area contributed by atoms with Crippen LogP contribution in [0, 0.1) is 5.92 Å². The van der Waals surface area contributed by atoms with Gasteiger partial charge in [0.15, 0.2) is 0 Å². The van der Waals surface area contributed by atoms with Crippen LogP contribution in [0.25, 0.3) is 0 Å².